The average molecular weight is 252 g/mol. The first-order valence-corrected chi connectivity index (χ1v) is 6.37. The molecular formula is C14H21FN2O. The Morgan fingerprint density at radius 2 is 2.17 bits per heavy atom. The Hall–Kier alpha value is -1.42. The first-order valence-electron chi connectivity index (χ1n) is 6.37. The molecule has 0 heterocycles. The second-order valence-electron chi connectivity index (χ2n) is 4.42. The zero-order valence-electron chi connectivity index (χ0n) is 10.8. The summed E-state index contributed by atoms with van der Waals surface area (Å²) in [5, 5.41) is 2.83. The van der Waals surface area contributed by atoms with E-state index in [0.29, 0.717) is 24.6 Å². The topological polar surface area (TPSA) is 55.1 Å². The van der Waals surface area contributed by atoms with Crippen LogP contribution in [0, 0.1) is 11.7 Å². The molecule has 0 radical (unpaired) electrons. The van der Waals surface area contributed by atoms with E-state index >= 15 is 0 Å². The molecule has 1 rings (SSSR count). The van der Waals surface area contributed by atoms with Crippen LogP contribution in [-0.4, -0.2) is 19.0 Å². The molecule has 1 atom stereocenters. The Labute approximate surface area is 108 Å². The van der Waals surface area contributed by atoms with Crippen LogP contribution >= 0.6 is 0 Å². The van der Waals surface area contributed by atoms with Gasteiger partial charge in [0.25, 0.3) is 0 Å². The van der Waals surface area contributed by atoms with E-state index in [4.69, 9.17) is 5.73 Å². The minimum atomic E-state index is -0.332. The zero-order chi connectivity index (χ0) is 13.4. The average Bonchev–Trinajstić information content (AvgIpc) is 2.37. The summed E-state index contributed by atoms with van der Waals surface area (Å²) < 4.78 is 13.3. The van der Waals surface area contributed by atoms with Crippen LogP contribution in [0.15, 0.2) is 24.3 Å². The third kappa shape index (κ3) is 4.84. The van der Waals surface area contributed by atoms with Gasteiger partial charge in [-0.15, -0.1) is 0 Å². The van der Waals surface area contributed by atoms with Crippen LogP contribution in [0.2, 0.25) is 0 Å². The van der Waals surface area contributed by atoms with E-state index in [1.165, 1.54) is 6.07 Å². The fourth-order valence-electron chi connectivity index (χ4n) is 1.82. The Kier molecular flexibility index (Phi) is 6.36. The number of carbonyl (C=O) groups is 1. The van der Waals surface area contributed by atoms with Crippen LogP contribution in [0.3, 0.4) is 0 Å². The van der Waals surface area contributed by atoms with E-state index < -0.39 is 0 Å². The summed E-state index contributed by atoms with van der Waals surface area (Å²) >= 11 is 0. The summed E-state index contributed by atoms with van der Waals surface area (Å²) in [7, 11) is 0. The molecule has 0 aliphatic carbocycles. The van der Waals surface area contributed by atoms with Crippen LogP contribution in [0.5, 0.6) is 0 Å². The van der Waals surface area contributed by atoms with Gasteiger partial charge < -0.3 is 11.1 Å². The lowest BCUT2D eigenvalue weighted by Crippen LogP contribution is -2.31. The van der Waals surface area contributed by atoms with Gasteiger partial charge in [0, 0.05) is 6.54 Å². The molecule has 1 aromatic rings. The molecule has 4 heteroatoms. The van der Waals surface area contributed by atoms with Crippen molar-refractivity contribution >= 4 is 5.91 Å². The van der Waals surface area contributed by atoms with Crippen molar-refractivity contribution in [2.24, 2.45) is 11.7 Å². The largest absolute Gasteiger partial charge is 0.356 e. The van der Waals surface area contributed by atoms with E-state index in [-0.39, 0.29) is 18.1 Å². The molecule has 3 nitrogen and oxygen atoms in total. The first kappa shape index (κ1) is 14.6. The number of rotatable bonds is 7. The van der Waals surface area contributed by atoms with Gasteiger partial charge in [0.1, 0.15) is 5.82 Å². The number of nitrogens with two attached hydrogens (primary N) is 1. The van der Waals surface area contributed by atoms with Crippen LogP contribution in [0.4, 0.5) is 4.39 Å². The van der Waals surface area contributed by atoms with E-state index in [1.807, 2.05) is 0 Å². The van der Waals surface area contributed by atoms with Gasteiger partial charge >= 0.3 is 0 Å². The Bertz CT molecular complexity index is 382. The van der Waals surface area contributed by atoms with Crippen molar-refractivity contribution in [3.05, 3.63) is 35.6 Å². The standard InChI is InChI=1S/C14H21FN2O/c1-2-11(7-8-16)10-17-14(18)9-12-5-3-4-6-13(12)15/h3-6,11H,2,7-10,16H2,1H3,(H,17,18). The highest BCUT2D eigenvalue weighted by Crippen LogP contribution is 2.08. The summed E-state index contributed by atoms with van der Waals surface area (Å²) in [6, 6.07) is 6.35. The molecule has 3 N–H and O–H groups in total. The SMILES string of the molecule is CCC(CCN)CNC(=O)Cc1ccccc1F. The molecule has 0 aliphatic rings. The lowest BCUT2D eigenvalue weighted by Gasteiger charge is -2.14. The molecule has 100 valence electrons. The van der Waals surface area contributed by atoms with Crippen molar-refractivity contribution in [1.82, 2.24) is 5.32 Å². The van der Waals surface area contributed by atoms with Crippen molar-refractivity contribution in [3.8, 4) is 0 Å². The maximum atomic E-state index is 13.3. The Morgan fingerprint density at radius 1 is 1.44 bits per heavy atom. The van der Waals surface area contributed by atoms with Gasteiger partial charge in [-0.25, -0.2) is 4.39 Å². The number of nitrogens with one attached hydrogen (secondary N) is 1. The summed E-state index contributed by atoms with van der Waals surface area (Å²) in [6.07, 6.45) is 1.97. The van der Waals surface area contributed by atoms with Crippen molar-refractivity contribution in [3.63, 3.8) is 0 Å². The highest BCUT2D eigenvalue weighted by atomic mass is 19.1. The van der Waals surface area contributed by atoms with Crippen molar-refractivity contribution < 1.29 is 9.18 Å². The Morgan fingerprint density at radius 3 is 2.78 bits per heavy atom. The number of carbonyl (C=O) groups excluding carboxylic acids is 1. The quantitative estimate of drug-likeness (QED) is 0.778. The second kappa shape index (κ2) is 7.82. The number of hydrogen-bond donors (Lipinski definition) is 2. The maximum Gasteiger partial charge on any atom is 0.224 e. The minimum Gasteiger partial charge on any atom is -0.356 e. The third-order valence-electron chi connectivity index (χ3n) is 3.05. The lowest BCUT2D eigenvalue weighted by molar-refractivity contribution is -0.120. The molecule has 0 spiro atoms. The maximum absolute atomic E-state index is 13.3. The third-order valence-corrected chi connectivity index (χ3v) is 3.05. The van der Waals surface area contributed by atoms with Gasteiger partial charge in [0.15, 0.2) is 0 Å². The molecule has 0 fully saturated rings. The molecule has 0 bridgehead atoms. The molecule has 18 heavy (non-hydrogen) atoms. The van der Waals surface area contributed by atoms with Gasteiger partial charge in [0.2, 0.25) is 5.91 Å². The first-order chi connectivity index (χ1) is 8.67. The Balaban J connectivity index is 2.40. The summed E-state index contributed by atoms with van der Waals surface area (Å²) in [5.74, 6) is -0.0724. The monoisotopic (exact) mass is 252 g/mol. The molecular weight excluding hydrogens is 231 g/mol. The minimum absolute atomic E-state index is 0.0890. The molecule has 1 unspecified atom stereocenters. The molecule has 1 aromatic carbocycles. The summed E-state index contributed by atoms with van der Waals surface area (Å²) in [4.78, 5) is 11.7. The predicted octanol–water partition coefficient (Wildman–Crippen LogP) is 1.86. The van der Waals surface area contributed by atoms with Crippen LogP contribution < -0.4 is 11.1 Å². The van der Waals surface area contributed by atoms with E-state index in [0.717, 1.165) is 12.8 Å². The van der Waals surface area contributed by atoms with Crippen LogP contribution in [-0.2, 0) is 11.2 Å². The molecule has 0 aromatic heterocycles. The van der Waals surface area contributed by atoms with Gasteiger partial charge in [-0.05, 0) is 30.5 Å². The van der Waals surface area contributed by atoms with Crippen molar-refractivity contribution in [2.75, 3.05) is 13.1 Å². The highest BCUT2D eigenvalue weighted by molar-refractivity contribution is 5.78. The number of halogens is 1. The zero-order valence-corrected chi connectivity index (χ0v) is 10.8. The van der Waals surface area contributed by atoms with Gasteiger partial charge in [-0.2, -0.15) is 0 Å². The smallest absolute Gasteiger partial charge is 0.224 e. The number of amides is 1. The predicted molar refractivity (Wildman–Crippen MR) is 70.6 cm³/mol. The lowest BCUT2D eigenvalue weighted by atomic mass is 10.0. The van der Waals surface area contributed by atoms with Gasteiger partial charge in [0.05, 0.1) is 6.42 Å². The number of benzene rings is 1. The molecule has 0 saturated heterocycles. The van der Waals surface area contributed by atoms with Crippen molar-refractivity contribution in [2.45, 2.75) is 26.2 Å². The van der Waals surface area contributed by atoms with Crippen LogP contribution in [0.1, 0.15) is 25.3 Å². The highest BCUT2D eigenvalue weighted by Gasteiger charge is 2.10. The summed E-state index contributed by atoms with van der Waals surface area (Å²) in [5.41, 5.74) is 5.92. The van der Waals surface area contributed by atoms with Gasteiger partial charge in [-0.3, -0.25) is 4.79 Å². The molecule has 0 aliphatic heterocycles. The van der Waals surface area contributed by atoms with E-state index in [9.17, 15) is 9.18 Å². The van der Waals surface area contributed by atoms with E-state index in [1.54, 1.807) is 18.2 Å². The fraction of sp³-hybridized carbons (Fsp3) is 0.500. The van der Waals surface area contributed by atoms with Crippen molar-refractivity contribution in [1.29, 1.82) is 0 Å². The van der Waals surface area contributed by atoms with E-state index in [2.05, 4.69) is 12.2 Å². The molecule has 0 saturated carbocycles. The normalized spacial score (nSPS) is 12.2. The van der Waals surface area contributed by atoms with Crippen LogP contribution in [0.25, 0.3) is 0 Å². The summed E-state index contributed by atoms with van der Waals surface area (Å²) in [6.45, 7) is 3.31. The molecule has 1 amide bonds. The second-order valence-corrected chi connectivity index (χ2v) is 4.42. The van der Waals surface area contributed by atoms with Gasteiger partial charge in [-0.1, -0.05) is 31.5 Å². The fourth-order valence-corrected chi connectivity index (χ4v) is 1.82. The number of hydrogen-bond acceptors (Lipinski definition) is 2.